The first-order valence-electron chi connectivity index (χ1n) is 3.02. The van der Waals surface area contributed by atoms with E-state index in [1.54, 1.807) is 13.1 Å². The maximum Gasteiger partial charge on any atom is 0.268 e. The van der Waals surface area contributed by atoms with Crippen molar-refractivity contribution in [2.45, 2.75) is 6.92 Å². The van der Waals surface area contributed by atoms with Crippen LogP contribution in [0.1, 0.15) is 5.76 Å². The molecular weight excluding hydrogens is 146 g/mol. The highest BCUT2D eigenvalue weighted by molar-refractivity contribution is 5.37. The normalized spacial score (nSPS) is 10.3. The predicted octanol–water partition coefficient (Wildman–Crippen LogP) is 0.163. The first kappa shape index (κ1) is 6.02. The van der Waals surface area contributed by atoms with Crippen LogP contribution in [0.25, 0.3) is 11.7 Å². The number of nitrogens with one attached hydrogen (secondary N) is 1. The number of hydrogen-bond donors (Lipinski definition) is 1. The molecule has 0 saturated heterocycles. The molecule has 0 aliphatic heterocycles. The standard InChI is InChI=1S/C5H5N5O/c1-3-2-6-5(11-3)4-7-9-10-8-4/h2H,1H3,(H,7,8,9,10). The molecule has 0 saturated carbocycles. The topological polar surface area (TPSA) is 80.5 Å². The minimum Gasteiger partial charge on any atom is -0.439 e. The zero-order valence-corrected chi connectivity index (χ0v) is 5.77. The van der Waals surface area contributed by atoms with E-state index in [0.29, 0.717) is 11.7 Å². The molecule has 2 rings (SSSR count). The number of nitrogens with zero attached hydrogens (tertiary/aromatic N) is 4. The van der Waals surface area contributed by atoms with Gasteiger partial charge >= 0.3 is 0 Å². The molecule has 0 bridgehead atoms. The Morgan fingerprint density at radius 3 is 3.00 bits per heavy atom. The summed E-state index contributed by atoms with van der Waals surface area (Å²) in [6, 6.07) is 0. The minimum atomic E-state index is 0.373. The fraction of sp³-hybridized carbons (Fsp3) is 0.200. The van der Waals surface area contributed by atoms with Gasteiger partial charge in [0.25, 0.3) is 11.7 Å². The van der Waals surface area contributed by atoms with E-state index in [1.807, 2.05) is 0 Å². The first-order valence-corrected chi connectivity index (χ1v) is 3.02. The van der Waals surface area contributed by atoms with E-state index in [1.165, 1.54) is 0 Å². The van der Waals surface area contributed by atoms with Gasteiger partial charge in [0.05, 0.1) is 6.20 Å². The number of aromatic amines is 1. The Kier molecular flexibility index (Phi) is 1.18. The second-order valence-corrected chi connectivity index (χ2v) is 2.01. The number of tetrazole rings is 1. The second kappa shape index (κ2) is 2.15. The largest absolute Gasteiger partial charge is 0.439 e. The molecule has 0 aliphatic rings. The van der Waals surface area contributed by atoms with Crippen molar-refractivity contribution < 1.29 is 4.42 Å². The Morgan fingerprint density at radius 2 is 2.45 bits per heavy atom. The Hall–Kier alpha value is -1.72. The van der Waals surface area contributed by atoms with Crippen molar-refractivity contribution in [3.63, 3.8) is 0 Å². The number of oxazole rings is 1. The molecule has 0 aromatic carbocycles. The summed E-state index contributed by atoms with van der Waals surface area (Å²) in [7, 11) is 0. The smallest absolute Gasteiger partial charge is 0.268 e. The minimum absolute atomic E-state index is 0.373. The third-order valence-corrected chi connectivity index (χ3v) is 1.16. The van der Waals surface area contributed by atoms with Gasteiger partial charge in [0.15, 0.2) is 0 Å². The van der Waals surface area contributed by atoms with Crippen LogP contribution in [0, 0.1) is 6.92 Å². The molecule has 56 valence electrons. The lowest BCUT2D eigenvalue weighted by Crippen LogP contribution is -1.78. The number of rotatable bonds is 1. The molecule has 0 unspecified atom stereocenters. The highest BCUT2D eigenvalue weighted by Gasteiger charge is 2.07. The number of H-pyrrole nitrogens is 1. The third-order valence-electron chi connectivity index (χ3n) is 1.16. The van der Waals surface area contributed by atoms with Gasteiger partial charge in [0.1, 0.15) is 5.76 Å². The molecule has 0 spiro atoms. The molecule has 0 radical (unpaired) electrons. The summed E-state index contributed by atoms with van der Waals surface area (Å²) in [4.78, 5) is 3.91. The average molecular weight is 151 g/mol. The molecule has 1 N–H and O–H groups in total. The van der Waals surface area contributed by atoms with E-state index in [2.05, 4.69) is 25.6 Å². The number of aromatic nitrogens is 5. The van der Waals surface area contributed by atoms with Gasteiger partial charge in [-0.15, -0.1) is 10.2 Å². The summed E-state index contributed by atoms with van der Waals surface area (Å²) < 4.78 is 5.13. The van der Waals surface area contributed by atoms with Gasteiger partial charge in [-0.2, -0.15) is 5.21 Å². The van der Waals surface area contributed by atoms with E-state index in [-0.39, 0.29) is 0 Å². The predicted molar refractivity (Wildman–Crippen MR) is 34.4 cm³/mol. The van der Waals surface area contributed by atoms with Gasteiger partial charge in [-0.25, -0.2) is 4.98 Å². The Balaban J connectivity index is 2.45. The lowest BCUT2D eigenvalue weighted by Gasteiger charge is -1.80. The molecule has 0 amide bonds. The van der Waals surface area contributed by atoms with Crippen molar-refractivity contribution in [1.82, 2.24) is 25.6 Å². The molecule has 2 heterocycles. The monoisotopic (exact) mass is 151 g/mol. The first-order chi connectivity index (χ1) is 5.36. The van der Waals surface area contributed by atoms with Crippen LogP contribution in [0.15, 0.2) is 10.6 Å². The van der Waals surface area contributed by atoms with E-state index in [4.69, 9.17) is 4.42 Å². The number of aryl methyl sites for hydroxylation is 1. The molecule has 0 aliphatic carbocycles. The van der Waals surface area contributed by atoms with Crippen LogP contribution in [-0.4, -0.2) is 25.6 Å². The summed E-state index contributed by atoms with van der Waals surface area (Å²) in [5.74, 6) is 1.49. The van der Waals surface area contributed by atoms with Crippen LogP contribution >= 0.6 is 0 Å². The summed E-state index contributed by atoms with van der Waals surface area (Å²) in [6.07, 6.45) is 1.60. The molecule has 6 nitrogen and oxygen atoms in total. The molecule has 0 atom stereocenters. The van der Waals surface area contributed by atoms with Crippen LogP contribution in [-0.2, 0) is 0 Å². The van der Waals surface area contributed by atoms with E-state index < -0.39 is 0 Å². The van der Waals surface area contributed by atoms with Gasteiger partial charge in [0.2, 0.25) is 0 Å². The highest BCUT2D eigenvalue weighted by Crippen LogP contribution is 2.11. The molecule has 2 aromatic heterocycles. The summed E-state index contributed by atoms with van der Waals surface area (Å²) in [5, 5.41) is 13.1. The molecule has 2 aromatic rings. The van der Waals surface area contributed by atoms with Gasteiger partial charge < -0.3 is 4.42 Å². The van der Waals surface area contributed by atoms with Crippen LogP contribution in [0.5, 0.6) is 0 Å². The van der Waals surface area contributed by atoms with E-state index >= 15 is 0 Å². The van der Waals surface area contributed by atoms with Gasteiger partial charge in [-0.05, 0) is 12.1 Å². The lowest BCUT2D eigenvalue weighted by atomic mass is 10.6. The van der Waals surface area contributed by atoms with Crippen molar-refractivity contribution in [3.8, 4) is 11.7 Å². The van der Waals surface area contributed by atoms with Crippen molar-refractivity contribution in [1.29, 1.82) is 0 Å². The van der Waals surface area contributed by atoms with Crippen molar-refractivity contribution in [3.05, 3.63) is 12.0 Å². The zero-order valence-electron chi connectivity index (χ0n) is 5.77. The van der Waals surface area contributed by atoms with Crippen LogP contribution in [0.2, 0.25) is 0 Å². The third kappa shape index (κ3) is 0.977. The van der Waals surface area contributed by atoms with Crippen molar-refractivity contribution in [2.75, 3.05) is 0 Å². The van der Waals surface area contributed by atoms with Crippen LogP contribution < -0.4 is 0 Å². The summed E-state index contributed by atoms with van der Waals surface area (Å²) in [5.41, 5.74) is 0. The van der Waals surface area contributed by atoms with Crippen LogP contribution in [0.3, 0.4) is 0 Å². The zero-order chi connectivity index (χ0) is 7.68. The Labute approximate surface area is 61.6 Å². The average Bonchev–Trinajstić information content (AvgIpc) is 2.55. The fourth-order valence-corrected chi connectivity index (χ4v) is 0.711. The fourth-order valence-electron chi connectivity index (χ4n) is 0.711. The van der Waals surface area contributed by atoms with E-state index in [0.717, 1.165) is 5.76 Å². The SMILES string of the molecule is Cc1cnc(-c2nn[nH]n2)o1. The Morgan fingerprint density at radius 1 is 1.55 bits per heavy atom. The molecular formula is C5H5N5O. The van der Waals surface area contributed by atoms with Crippen molar-refractivity contribution >= 4 is 0 Å². The van der Waals surface area contributed by atoms with Gasteiger partial charge in [0, 0.05) is 0 Å². The molecule has 6 heteroatoms. The molecule has 11 heavy (non-hydrogen) atoms. The van der Waals surface area contributed by atoms with Crippen LogP contribution in [0.4, 0.5) is 0 Å². The van der Waals surface area contributed by atoms with E-state index in [9.17, 15) is 0 Å². The van der Waals surface area contributed by atoms with Gasteiger partial charge in [-0.1, -0.05) is 0 Å². The van der Waals surface area contributed by atoms with Crippen molar-refractivity contribution in [2.24, 2.45) is 0 Å². The second-order valence-electron chi connectivity index (χ2n) is 2.01. The summed E-state index contributed by atoms with van der Waals surface area (Å²) >= 11 is 0. The number of hydrogen-bond acceptors (Lipinski definition) is 5. The lowest BCUT2D eigenvalue weighted by molar-refractivity contribution is 0.538. The maximum atomic E-state index is 5.13. The maximum absolute atomic E-state index is 5.13. The molecule has 0 fully saturated rings. The summed E-state index contributed by atoms with van der Waals surface area (Å²) in [6.45, 7) is 1.80. The highest BCUT2D eigenvalue weighted by atomic mass is 16.4. The van der Waals surface area contributed by atoms with Gasteiger partial charge in [-0.3, -0.25) is 0 Å². The Bertz CT molecular complexity index is 337. The quantitative estimate of drug-likeness (QED) is 0.628.